The summed E-state index contributed by atoms with van der Waals surface area (Å²) >= 11 is 0. The number of aromatic carboxylic acids is 1. The quantitative estimate of drug-likeness (QED) is 0.654. The van der Waals surface area contributed by atoms with Crippen LogP contribution in [-0.4, -0.2) is 17.7 Å². The fourth-order valence-electron chi connectivity index (χ4n) is 2.27. The molecule has 2 rings (SSSR count). The zero-order valence-electron chi connectivity index (χ0n) is 13.3. The van der Waals surface area contributed by atoms with Crippen molar-refractivity contribution in [2.24, 2.45) is 0 Å². The van der Waals surface area contributed by atoms with Crippen molar-refractivity contribution in [1.82, 2.24) is 0 Å². The zero-order valence-corrected chi connectivity index (χ0v) is 14.1. The van der Waals surface area contributed by atoms with Crippen molar-refractivity contribution in [2.75, 3.05) is 6.61 Å². The average Bonchev–Trinajstić information content (AvgIpc) is 2.55. The van der Waals surface area contributed by atoms with Gasteiger partial charge in [0.05, 0.1) is 12.2 Å². The number of carboxylic acid groups (broad SMARTS) is 1. The van der Waals surface area contributed by atoms with Crippen LogP contribution < -0.4 is 4.74 Å². The molecule has 0 radical (unpaired) electrons. The van der Waals surface area contributed by atoms with Crippen LogP contribution >= 0.6 is 12.4 Å². The third kappa shape index (κ3) is 5.95. The Morgan fingerprint density at radius 1 is 0.913 bits per heavy atom. The monoisotopic (exact) mass is 334 g/mol. The first-order chi connectivity index (χ1) is 10.7. The van der Waals surface area contributed by atoms with Gasteiger partial charge >= 0.3 is 5.97 Å². The van der Waals surface area contributed by atoms with Crippen LogP contribution in [-0.2, 0) is 0 Å². The molecule has 0 atom stereocenters. The van der Waals surface area contributed by atoms with Gasteiger partial charge in [0.1, 0.15) is 5.75 Å². The summed E-state index contributed by atoms with van der Waals surface area (Å²) in [6.07, 6.45) is 4.79. The molecule has 23 heavy (non-hydrogen) atoms. The summed E-state index contributed by atoms with van der Waals surface area (Å²) in [5, 5.41) is 8.90. The summed E-state index contributed by atoms with van der Waals surface area (Å²) < 4.78 is 5.72. The number of benzene rings is 2. The van der Waals surface area contributed by atoms with Gasteiger partial charge in [-0.3, -0.25) is 0 Å². The van der Waals surface area contributed by atoms with Crippen LogP contribution in [0.1, 0.15) is 43.0 Å². The van der Waals surface area contributed by atoms with Crippen LogP contribution in [0.3, 0.4) is 0 Å². The summed E-state index contributed by atoms with van der Waals surface area (Å²) in [4.78, 5) is 10.8. The minimum absolute atomic E-state index is 0. The average molecular weight is 335 g/mol. The number of hydrogen-bond donors (Lipinski definition) is 1. The van der Waals surface area contributed by atoms with E-state index in [1.165, 1.54) is 19.3 Å². The Hall–Kier alpha value is -2.00. The second-order valence-corrected chi connectivity index (χ2v) is 5.32. The Morgan fingerprint density at radius 3 is 2.00 bits per heavy atom. The summed E-state index contributed by atoms with van der Waals surface area (Å²) in [6, 6.07) is 14.8. The van der Waals surface area contributed by atoms with Gasteiger partial charge in [0.2, 0.25) is 0 Å². The van der Waals surface area contributed by atoms with Crippen molar-refractivity contribution in [1.29, 1.82) is 0 Å². The van der Waals surface area contributed by atoms with E-state index >= 15 is 0 Å². The van der Waals surface area contributed by atoms with Crippen molar-refractivity contribution in [2.45, 2.75) is 32.6 Å². The third-order valence-corrected chi connectivity index (χ3v) is 3.59. The molecule has 4 heteroatoms. The van der Waals surface area contributed by atoms with Crippen LogP contribution in [0.5, 0.6) is 5.75 Å². The van der Waals surface area contributed by atoms with Gasteiger partial charge in [-0.15, -0.1) is 12.4 Å². The molecule has 0 heterocycles. The molecule has 3 nitrogen and oxygen atoms in total. The van der Waals surface area contributed by atoms with Crippen LogP contribution in [0.2, 0.25) is 0 Å². The molecule has 0 spiro atoms. The number of carboxylic acids is 1. The summed E-state index contributed by atoms with van der Waals surface area (Å²) in [5.74, 6) is -0.0271. The Labute approximate surface area is 143 Å². The van der Waals surface area contributed by atoms with Crippen LogP contribution in [0.15, 0.2) is 48.5 Å². The largest absolute Gasteiger partial charge is 0.494 e. The lowest BCUT2D eigenvalue weighted by molar-refractivity contribution is 0.0697. The van der Waals surface area contributed by atoms with E-state index in [-0.39, 0.29) is 12.4 Å². The molecule has 0 fully saturated rings. The smallest absolute Gasteiger partial charge is 0.335 e. The van der Waals surface area contributed by atoms with Crippen molar-refractivity contribution in [3.8, 4) is 16.9 Å². The lowest BCUT2D eigenvalue weighted by atomic mass is 10.0. The molecule has 1 N–H and O–H groups in total. The summed E-state index contributed by atoms with van der Waals surface area (Å²) in [5.41, 5.74) is 2.35. The second-order valence-electron chi connectivity index (χ2n) is 5.32. The maximum atomic E-state index is 10.8. The molecule has 2 aromatic rings. The maximum Gasteiger partial charge on any atom is 0.335 e. The second kappa shape index (κ2) is 9.90. The van der Waals surface area contributed by atoms with Crippen LogP contribution in [0.4, 0.5) is 0 Å². The van der Waals surface area contributed by atoms with Gasteiger partial charge in [-0.05, 0) is 41.8 Å². The van der Waals surface area contributed by atoms with Gasteiger partial charge in [0.15, 0.2) is 0 Å². The van der Waals surface area contributed by atoms with Crippen molar-refractivity contribution in [3.05, 3.63) is 54.1 Å². The lowest BCUT2D eigenvalue weighted by Crippen LogP contribution is -1.97. The molecule has 0 aromatic heterocycles. The molecule has 0 saturated heterocycles. The fraction of sp³-hybridized carbons (Fsp3) is 0.316. The highest BCUT2D eigenvalue weighted by Gasteiger charge is 2.03. The Balaban J connectivity index is 0.00000264. The molecule has 0 aliphatic heterocycles. The summed E-state index contributed by atoms with van der Waals surface area (Å²) in [7, 11) is 0. The van der Waals surface area contributed by atoms with E-state index in [0.29, 0.717) is 5.56 Å². The number of ether oxygens (including phenoxy) is 1. The number of hydrogen-bond acceptors (Lipinski definition) is 2. The van der Waals surface area contributed by atoms with Crippen LogP contribution in [0, 0.1) is 0 Å². The summed E-state index contributed by atoms with van der Waals surface area (Å²) in [6.45, 7) is 2.95. The molecule has 0 unspecified atom stereocenters. The molecule has 0 saturated carbocycles. The number of rotatable bonds is 8. The van der Waals surface area contributed by atoms with Gasteiger partial charge in [-0.25, -0.2) is 4.79 Å². The van der Waals surface area contributed by atoms with E-state index in [1.54, 1.807) is 12.1 Å². The van der Waals surface area contributed by atoms with Gasteiger partial charge in [0, 0.05) is 0 Å². The lowest BCUT2D eigenvalue weighted by Gasteiger charge is -2.07. The van der Waals surface area contributed by atoms with E-state index in [4.69, 9.17) is 9.84 Å². The number of halogens is 1. The minimum Gasteiger partial charge on any atom is -0.494 e. The third-order valence-electron chi connectivity index (χ3n) is 3.59. The first kappa shape index (κ1) is 19.0. The minimum atomic E-state index is -0.904. The fourth-order valence-corrected chi connectivity index (χ4v) is 2.27. The number of unbranched alkanes of at least 4 members (excludes halogenated alkanes) is 3. The predicted molar refractivity (Wildman–Crippen MR) is 95.7 cm³/mol. The molecular formula is C19H23ClO3. The Kier molecular flexibility index (Phi) is 8.20. The van der Waals surface area contributed by atoms with E-state index in [9.17, 15) is 4.79 Å². The van der Waals surface area contributed by atoms with E-state index in [2.05, 4.69) is 6.92 Å². The molecule has 2 aromatic carbocycles. The molecule has 0 aliphatic rings. The highest BCUT2D eigenvalue weighted by atomic mass is 35.5. The standard InChI is InChI=1S/C19H22O3.ClH/c1-2-3-4-5-14-22-18-12-10-16(11-13-18)15-6-8-17(9-7-15)19(20)21;/h6-13H,2-5,14H2,1H3,(H,20,21);1H. The van der Waals surface area contributed by atoms with Gasteiger partial charge in [-0.1, -0.05) is 50.5 Å². The van der Waals surface area contributed by atoms with E-state index in [0.717, 1.165) is 29.9 Å². The van der Waals surface area contributed by atoms with Crippen molar-refractivity contribution in [3.63, 3.8) is 0 Å². The Morgan fingerprint density at radius 2 is 1.48 bits per heavy atom. The first-order valence-corrected chi connectivity index (χ1v) is 7.77. The first-order valence-electron chi connectivity index (χ1n) is 7.77. The molecule has 0 bridgehead atoms. The van der Waals surface area contributed by atoms with Crippen molar-refractivity contribution < 1.29 is 14.6 Å². The van der Waals surface area contributed by atoms with E-state index in [1.807, 2.05) is 36.4 Å². The normalized spacial score (nSPS) is 9.96. The molecule has 124 valence electrons. The zero-order chi connectivity index (χ0) is 15.8. The SMILES string of the molecule is CCCCCCOc1ccc(-c2ccc(C(=O)O)cc2)cc1.Cl. The van der Waals surface area contributed by atoms with Gasteiger partial charge < -0.3 is 9.84 Å². The van der Waals surface area contributed by atoms with Crippen LogP contribution in [0.25, 0.3) is 11.1 Å². The van der Waals surface area contributed by atoms with E-state index < -0.39 is 5.97 Å². The maximum absolute atomic E-state index is 10.8. The van der Waals surface area contributed by atoms with Crippen molar-refractivity contribution >= 4 is 18.4 Å². The van der Waals surface area contributed by atoms with Gasteiger partial charge in [-0.2, -0.15) is 0 Å². The predicted octanol–water partition coefficient (Wildman–Crippen LogP) is 5.43. The topological polar surface area (TPSA) is 46.5 Å². The number of carbonyl (C=O) groups is 1. The highest BCUT2D eigenvalue weighted by molar-refractivity contribution is 5.88. The highest BCUT2D eigenvalue weighted by Crippen LogP contribution is 2.23. The molecular weight excluding hydrogens is 312 g/mol. The Bertz CT molecular complexity index is 591. The molecule has 0 amide bonds. The molecule has 0 aliphatic carbocycles. The van der Waals surface area contributed by atoms with Gasteiger partial charge in [0.25, 0.3) is 0 Å².